The Hall–Kier alpha value is -2.81. The van der Waals surface area contributed by atoms with Gasteiger partial charge in [0.1, 0.15) is 17.7 Å². The number of amides is 1. The normalized spacial score (nSPS) is 12.4. The standard InChI is InChI=1S/C16H19N3O3/c1-10(2)14(16(21)22)19-15(20)12(8-17)9-18-13-7-5-4-6-11(13)3/h4-7,9-10,14,18H,1-3H3,(H,19,20)(H,21,22)/b12-9-. The third kappa shape index (κ3) is 4.63. The molecule has 6 nitrogen and oxygen atoms in total. The van der Waals surface area contributed by atoms with Gasteiger partial charge in [0.05, 0.1) is 0 Å². The molecule has 1 rings (SSSR count). The van der Waals surface area contributed by atoms with Crippen LogP contribution in [0.15, 0.2) is 36.0 Å². The van der Waals surface area contributed by atoms with Gasteiger partial charge >= 0.3 is 5.97 Å². The average molecular weight is 301 g/mol. The summed E-state index contributed by atoms with van der Waals surface area (Å²) in [6.45, 7) is 5.25. The van der Waals surface area contributed by atoms with Crippen molar-refractivity contribution in [2.45, 2.75) is 26.8 Å². The Morgan fingerprint density at radius 2 is 1.95 bits per heavy atom. The van der Waals surface area contributed by atoms with Crippen LogP contribution in [0.3, 0.4) is 0 Å². The fraction of sp³-hybridized carbons (Fsp3) is 0.312. The number of aryl methyl sites for hydroxylation is 1. The van der Waals surface area contributed by atoms with Gasteiger partial charge < -0.3 is 15.7 Å². The number of aliphatic carboxylic acids is 1. The molecule has 0 heterocycles. The summed E-state index contributed by atoms with van der Waals surface area (Å²) in [5.41, 5.74) is 1.54. The highest BCUT2D eigenvalue weighted by molar-refractivity contribution is 5.99. The van der Waals surface area contributed by atoms with Gasteiger partial charge in [0.2, 0.25) is 0 Å². The largest absolute Gasteiger partial charge is 0.480 e. The maximum atomic E-state index is 12.0. The zero-order chi connectivity index (χ0) is 16.7. The molecule has 6 heteroatoms. The zero-order valence-electron chi connectivity index (χ0n) is 12.8. The van der Waals surface area contributed by atoms with Crippen LogP contribution in [-0.2, 0) is 9.59 Å². The van der Waals surface area contributed by atoms with E-state index in [9.17, 15) is 9.59 Å². The van der Waals surface area contributed by atoms with Crippen molar-refractivity contribution in [1.82, 2.24) is 5.32 Å². The van der Waals surface area contributed by atoms with Crippen molar-refractivity contribution in [2.75, 3.05) is 5.32 Å². The van der Waals surface area contributed by atoms with Crippen LogP contribution in [0.2, 0.25) is 0 Å². The van der Waals surface area contributed by atoms with E-state index in [1.165, 1.54) is 6.20 Å². The number of hydrogen-bond donors (Lipinski definition) is 3. The first-order valence-corrected chi connectivity index (χ1v) is 6.83. The van der Waals surface area contributed by atoms with Crippen molar-refractivity contribution in [1.29, 1.82) is 5.26 Å². The van der Waals surface area contributed by atoms with Crippen molar-refractivity contribution in [3.63, 3.8) is 0 Å². The molecule has 0 aromatic heterocycles. The van der Waals surface area contributed by atoms with Crippen LogP contribution < -0.4 is 10.6 Å². The van der Waals surface area contributed by atoms with Crippen LogP contribution in [-0.4, -0.2) is 23.0 Å². The van der Waals surface area contributed by atoms with E-state index in [4.69, 9.17) is 10.4 Å². The Kier molecular flexibility index (Phi) is 6.14. The third-order valence-corrected chi connectivity index (χ3v) is 3.10. The highest BCUT2D eigenvalue weighted by atomic mass is 16.4. The lowest BCUT2D eigenvalue weighted by Gasteiger charge is -2.17. The molecular formula is C16H19N3O3. The molecule has 0 spiro atoms. The molecule has 116 valence electrons. The minimum atomic E-state index is -1.13. The number of carboxylic acids is 1. The van der Waals surface area contributed by atoms with Crippen LogP contribution in [0.5, 0.6) is 0 Å². The van der Waals surface area contributed by atoms with E-state index in [-0.39, 0.29) is 11.5 Å². The number of carbonyl (C=O) groups excluding carboxylic acids is 1. The van der Waals surface area contributed by atoms with Crippen LogP contribution in [0.1, 0.15) is 19.4 Å². The second-order valence-electron chi connectivity index (χ2n) is 5.16. The molecule has 0 aliphatic carbocycles. The topological polar surface area (TPSA) is 102 Å². The van der Waals surface area contributed by atoms with Crippen LogP contribution >= 0.6 is 0 Å². The minimum absolute atomic E-state index is 0.185. The van der Waals surface area contributed by atoms with Crippen LogP contribution in [0, 0.1) is 24.2 Å². The van der Waals surface area contributed by atoms with E-state index >= 15 is 0 Å². The van der Waals surface area contributed by atoms with Gasteiger partial charge in [-0.2, -0.15) is 5.26 Å². The van der Waals surface area contributed by atoms with E-state index in [1.54, 1.807) is 19.9 Å². The Morgan fingerprint density at radius 3 is 2.45 bits per heavy atom. The van der Waals surface area contributed by atoms with Crippen molar-refractivity contribution < 1.29 is 14.7 Å². The predicted octanol–water partition coefficient (Wildman–Crippen LogP) is 2.04. The van der Waals surface area contributed by atoms with E-state index in [0.29, 0.717) is 0 Å². The number of carboxylic acid groups (broad SMARTS) is 1. The van der Waals surface area contributed by atoms with Gasteiger partial charge in [0, 0.05) is 11.9 Å². The second kappa shape index (κ2) is 7.84. The fourth-order valence-corrected chi connectivity index (χ4v) is 1.77. The lowest BCUT2D eigenvalue weighted by Crippen LogP contribution is -2.44. The SMILES string of the molecule is Cc1ccccc1N/C=C(/C#N)C(=O)NC(C(=O)O)C(C)C. The van der Waals surface area contributed by atoms with Gasteiger partial charge in [-0.1, -0.05) is 32.0 Å². The molecule has 1 aromatic rings. The molecule has 0 radical (unpaired) electrons. The maximum Gasteiger partial charge on any atom is 0.326 e. The number of carbonyl (C=O) groups is 2. The quantitative estimate of drug-likeness (QED) is 0.551. The molecule has 1 aromatic carbocycles. The van der Waals surface area contributed by atoms with Crippen molar-refractivity contribution in [3.8, 4) is 6.07 Å². The molecule has 1 atom stereocenters. The number of nitrogens with one attached hydrogen (secondary N) is 2. The minimum Gasteiger partial charge on any atom is -0.480 e. The monoisotopic (exact) mass is 301 g/mol. The van der Waals surface area contributed by atoms with Crippen LogP contribution in [0.4, 0.5) is 5.69 Å². The van der Waals surface area contributed by atoms with Gasteiger partial charge in [-0.3, -0.25) is 4.79 Å². The summed E-state index contributed by atoms with van der Waals surface area (Å²) in [4.78, 5) is 23.1. The zero-order valence-corrected chi connectivity index (χ0v) is 12.8. The number of para-hydroxylation sites is 1. The van der Waals surface area contributed by atoms with E-state index in [0.717, 1.165) is 11.3 Å². The van der Waals surface area contributed by atoms with Crippen molar-refractivity contribution in [2.24, 2.45) is 5.92 Å². The lowest BCUT2D eigenvalue weighted by molar-refractivity contribution is -0.142. The molecule has 3 N–H and O–H groups in total. The van der Waals surface area contributed by atoms with E-state index in [1.807, 2.05) is 31.2 Å². The molecule has 0 saturated carbocycles. The molecule has 1 amide bonds. The summed E-state index contributed by atoms with van der Waals surface area (Å²) in [6.07, 6.45) is 1.27. The highest BCUT2D eigenvalue weighted by Gasteiger charge is 2.24. The summed E-state index contributed by atoms with van der Waals surface area (Å²) in [5, 5.41) is 23.4. The third-order valence-electron chi connectivity index (χ3n) is 3.10. The summed E-state index contributed by atoms with van der Waals surface area (Å²) in [6, 6.07) is 8.14. The molecule has 22 heavy (non-hydrogen) atoms. The van der Waals surface area contributed by atoms with Gasteiger partial charge in [0.15, 0.2) is 0 Å². The Morgan fingerprint density at radius 1 is 1.32 bits per heavy atom. The number of anilines is 1. The Labute approximate surface area is 129 Å². The molecule has 0 aliphatic rings. The van der Waals surface area contributed by atoms with Crippen molar-refractivity contribution in [3.05, 3.63) is 41.6 Å². The number of benzene rings is 1. The summed E-state index contributed by atoms with van der Waals surface area (Å²) in [7, 11) is 0. The van der Waals surface area contributed by atoms with Gasteiger partial charge in [-0.25, -0.2) is 4.79 Å². The molecule has 0 saturated heterocycles. The second-order valence-corrected chi connectivity index (χ2v) is 5.16. The average Bonchev–Trinajstić information content (AvgIpc) is 2.46. The molecule has 0 fully saturated rings. The predicted molar refractivity (Wildman–Crippen MR) is 82.9 cm³/mol. The fourth-order valence-electron chi connectivity index (χ4n) is 1.77. The van der Waals surface area contributed by atoms with Gasteiger partial charge in [-0.05, 0) is 24.5 Å². The molecule has 0 aliphatic heterocycles. The first-order chi connectivity index (χ1) is 10.4. The Bertz CT molecular complexity index is 630. The summed E-state index contributed by atoms with van der Waals surface area (Å²) in [5.74, 6) is -2.14. The first kappa shape index (κ1) is 17.2. The number of nitriles is 1. The van der Waals surface area contributed by atoms with Gasteiger partial charge in [-0.15, -0.1) is 0 Å². The van der Waals surface area contributed by atoms with Crippen molar-refractivity contribution >= 4 is 17.6 Å². The first-order valence-electron chi connectivity index (χ1n) is 6.83. The molecule has 0 bridgehead atoms. The smallest absolute Gasteiger partial charge is 0.326 e. The molecule has 1 unspecified atom stereocenters. The summed E-state index contributed by atoms with van der Waals surface area (Å²) >= 11 is 0. The summed E-state index contributed by atoms with van der Waals surface area (Å²) < 4.78 is 0. The number of nitrogens with zero attached hydrogens (tertiary/aromatic N) is 1. The van der Waals surface area contributed by atoms with E-state index < -0.39 is 17.9 Å². The molecular weight excluding hydrogens is 282 g/mol. The van der Waals surface area contributed by atoms with Gasteiger partial charge in [0.25, 0.3) is 5.91 Å². The Balaban J connectivity index is 2.85. The van der Waals surface area contributed by atoms with E-state index in [2.05, 4.69) is 10.6 Å². The number of hydrogen-bond acceptors (Lipinski definition) is 4. The highest BCUT2D eigenvalue weighted by Crippen LogP contribution is 2.13. The maximum absolute atomic E-state index is 12.0. The van der Waals surface area contributed by atoms with Crippen LogP contribution in [0.25, 0.3) is 0 Å². The number of rotatable bonds is 6. The lowest BCUT2D eigenvalue weighted by atomic mass is 10.0.